The average molecular weight is 312 g/mol. The fourth-order valence-electron chi connectivity index (χ4n) is 2.49. The van der Waals surface area contributed by atoms with Crippen molar-refractivity contribution in [1.29, 1.82) is 0 Å². The number of hydrogen-bond acceptors (Lipinski definition) is 3. The van der Waals surface area contributed by atoms with Gasteiger partial charge in [0.1, 0.15) is 5.82 Å². The number of benzene rings is 2. The van der Waals surface area contributed by atoms with Gasteiger partial charge in [0.25, 0.3) is 5.91 Å². The van der Waals surface area contributed by atoms with Gasteiger partial charge < -0.3 is 10.2 Å². The zero-order valence-corrected chi connectivity index (χ0v) is 12.7. The molecule has 1 amide bonds. The molecule has 4 nitrogen and oxygen atoms in total. The van der Waals surface area contributed by atoms with E-state index in [4.69, 9.17) is 4.84 Å². The maximum atomic E-state index is 13.3. The Morgan fingerprint density at radius 1 is 1.26 bits per heavy atom. The normalized spacial score (nSPS) is 18.0. The van der Waals surface area contributed by atoms with Crippen molar-refractivity contribution in [1.82, 2.24) is 5.32 Å². The number of carbonyl (C=O) groups excluding carboxylic acids is 1. The largest absolute Gasteiger partial charge is 0.382 e. The lowest BCUT2D eigenvalue weighted by atomic mass is 10.0. The Labute approximate surface area is 134 Å². The fourth-order valence-corrected chi connectivity index (χ4v) is 2.49. The van der Waals surface area contributed by atoms with Crippen LogP contribution in [0.2, 0.25) is 0 Å². The summed E-state index contributed by atoms with van der Waals surface area (Å²) in [7, 11) is 0. The fraction of sp³-hybridized carbons (Fsp3) is 0.222. The first-order chi connectivity index (χ1) is 11.1. The third kappa shape index (κ3) is 3.56. The Kier molecular flexibility index (Phi) is 4.37. The predicted molar refractivity (Wildman–Crippen MR) is 85.4 cm³/mol. The number of nitrogens with zero attached hydrogens (tertiary/aromatic N) is 1. The van der Waals surface area contributed by atoms with Gasteiger partial charge in [-0.1, -0.05) is 47.6 Å². The third-order valence-corrected chi connectivity index (χ3v) is 3.78. The van der Waals surface area contributed by atoms with Gasteiger partial charge in [0.2, 0.25) is 6.10 Å². The van der Waals surface area contributed by atoms with Crippen molar-refractivity contribution in [2.75, 3.05) is 0 Å². The van der Waals surface area contributed by atoms with Crippen molar-refractivity contribution in [2.45, 2.75) is 25.5 Å². The van der Waals surface area contributed by atoms with Crippen LogP contribution in [-0.2, 0) is 9.63 Å². The highest BCUT2D eigenvalue weighted by Crippen LogP contribution is 2.19. The van der Waals surface area contributed by atoms with E-state index in [-0.39, 0.29) is 17.8 Å². The number of halogens is 1. The van der Waals surface area contributed by atoms with Crippen LogP contribution in [0.15, 0.2) is 59.8 Å². The SMILES string of the molecule is CC(NC(=O)C1CC(c2cccc(F)c2)=NO1)c1ccccc1. The van der Waals surface area contributed by atoms with Crippen LogP contribution < -0.4 is 5.32 Å². The van der Waals surface area contributed by atoms with E-state index in [1.807, 2.05) is 37.3 Å². The molecule has 0 aromatic heterocycles. The predicted octanol–water partition coefficient (Wildman–Crippen LogP) is 3.20. The minimum atomic E-state index is -0.681. The molecule has 0 saturated carbocycles. The van der Waals surface area contributed by atoms with E-state index in [2.05, 4.69) is 10.5 Å². The van der Waals surface area contributed by atoms with Crippen molar-refractivity contribution in [3.05, 3.63) is 71.5 Å². The van der Waals surface area contributed by atoms with Crippen molar-refractivity contribution < 1.29 is 14.0 Å². The smallest absolute Gasteiger partial charge is 0.264 e. The lowest BCUT2D eigenvalue weighted by Gasteiger charge is -2.16. The Hall–Kier alpha value is -2.69. The Morgan fingerprint density at radius 3 is 2.78 bits per heavy atom. The number of amides is 1. The zero-order chi connectivity index (χ0) is 16.2. The lowest BCUT2D eigenvalue weighted by molar-refractivity contribution is -0.131. The van der Waals surface area contributed by atoms with Crippen molar-refractivity contribution >= 4 is 11.6 Å². The summed E-state index contributed by atoms with van der Waals surface area (Å²) in [6.07, 6.45) is -0.351. The van der Waals surface area contributed by atoms with Crippen LogP contribution in [0.4, 0.5) is 4.39 Å². The maximum Gasteiger partial charge on any atom is 0.264 e. The Morgan fingerprint density at radius 2 is 2.04 bits per heavy atom. The molecule has 1 aliphatic rings. The first-order valence-corrected chi connectivity index (χ1v) is 7.47. The van der Waals surface area contributed by atoms with Crippen LogP contribution in [0.25, 0.3) is 0 Å². The van der Waals surface area contributed by atoms with Gasteiger partial charge in [-0.15, -0.1) is 0 Å². The van der Waals surface area contributed by atoms with Crippen LogP contribution in [0.5, 0.6) is 0 Å². The van der Waals surface area contributed by atoms with Crippen LogP contribution in [0.1, 0.15) is 30.5 Å². The van der Waals surface area contributed by atoms with Gasteiger partial charge in [0.15, 0.2) is 0 Å². The van der Waals surface area contributed by atoms with E-state index >= 15 is 0 Å². The second-order valence-electron chi connectivity index (χ2n) is 5.49. The van der Waals surface area contributed by atoms with Gasteiger partial charge in [0.05, 0.1) is 11.8 Å². The molecule has 2 atom stereocenters. The van der Waals surface area contributed by atoms with E-state index < -0.39 is 6.10 Å². The molecule has 3 rings (SSSR count). The molecule has 2 unspecified atom stereocenters. The third-order valence-electron chi connectivity index (χ3n) is 3.78. The number of hydrogen-bond donors (Lipinski definition) is 1. The molecule has 5 heteroatoms. The van der Waals surface area contributed by atoms with Gasteiger partial charge in [-0.3, -0.25) is 4.79 Å². The summed E-state index contributed by atoms with van der Waals surface area (Å²) in [6.45, 7) is 1.91. The molecule has 0 saturated heterocycles. The Bertz CT molecular complexity index is 731. The molecule has 0 bridgehead atoms. The van der Waals surface area contributed by atoms with Crippen molar-refractivity contribution in [3.63, 3.8) is 0 Å². The molecule has 1 N–H and O–H groups in total. The average Bonchev–Trinajstić information content (AvgIpc) is 3.06. The highest BCUT2D eigenvalue weighted by atomic mass is 19.1. The van der Waals surface area contributed by atoms with Crippen LogP contribution >= 0.6 is 0 Å². The number of rotatable bonds is 4. The number of oxime groups is 1. The van der Waals surface area contributed by atoms with Crippen LogP contribution in [-0.4, -0.2) is 17.7 Å². The molecule has 2 aromatic carbocycles. The van der Waals surface area contributed by atoms with Crippen molar-refractivity contribution in [3.8, 4) is 0 Å². The maximum absolute atomic E-state index is 13.3. The molecule has 0 radical (unpaired) electrons. The summed E-state index contributed by atoms with van der Waals surface area (Å²) >= 11 is 0. The first kappa shape index (κ1) is 15.2. The van der Waals surface area contributed by atoms with Gasteiger partial charge in [-0.2, -0.15) is 0 Å². The van der Waals surface area contributed by atoms with Gasteiger partial charge in [-0.25, -0.2) is 4.39 Å². The minimum Gasteiger partial charge on any atom is -0.382 e. The van der Waals surface area contributed by atoms with E-state index in [0.717, 1.165) is 5.56 Å². The van der Waals surface area contributed by atoms with Crippen molar-refractivity contribution in [2.24, 2.45) is 5.16 Å². The molecule has 1 heterocycles. The summed E-state index contributed by atoms with van der Waals surface area (Å²) < 4.78 is 13.3. The molecule has 0 spiro atoms. The van der Waals surface area contributed by atoms with Crippen LogP contribution in [0, 0.1) is 5.82 Å². The summed E-state index contributed by atoms with van der Waals surface area (Å²) in [6, 6.07) is 15.7. The monoisotopic (exact) mass is 312 g/mol. The number of nitrogens with one attached hydrogen (secondary N) is 1. The zero-order valence-electron chi connectivity index (χ0n) is 12.7. The molecule has 2 aromatic rings. The lowest BCUT2D eigenvalue weighted by Crippen LogP contribution is -2.36. The molecule has 118 valence electrons. The highest BCUT2D eigenvalue weighted by Gasteiger charge is 2.29. The van der Waals surface area contributed by atoms with E-state index in [1.54, 1.807) is 12.1 Å². The topological polar surface area (TPSA) is 50.7 Å². The molecule has 1 aliphatic heterocycles. The molecular formula is C18H17FN2O2. The van der Waals surface area contributed by atoms with Gasteiger partial charge >= 0.3 is 0 Å². The van der Waals surface area contributed by atoms with E-state index in [1.165, 1.54) is 12.1 Å². The summed E-state index contributed by atoms with van der Waals surface area (Å²) in [5.41, 5.74) is 2.23. The quantitative estimate of drug-likeness (QED) is 0.942. The molecule has 23 heavy (non-hydrogen) atoms. The second kappa shape index (κ2) is 6.60. The summed E-state index contributed by atoms with van der Waals surface area (Å²) in [5, 5.41) is 6.83. The standard InChI is InChI=1S/C18H17FN2O2/c1-12(13-6-3-2-4-7-13)20-18(22)17-11-16(21-23-17)14-8-5-9-15(19)10-14/h2-10,12,17H,11H2,1H3,(H,20,22). The van der Waals surface area contributed by atoms with Gasteiger partial charge in [0, 0.05) is 12.0 Å². The summed E-state index contributed by atoms with van der Waals surface area (Å²) in [4.78, 5) is 17.5. The second-order valence-corrected chi connectivity index (χ2v) is 5.49. The Balaban J connectivity index is 1.60. The van der Waals surface area contributed by atoms with E-state index in [0.29, 0.717) is 17.7 Å². The molecule has 0 fully saturated rings. The highest BCUT2D eigenvalue weighted by molar-refractivity contribution is 6.04. The van der Waals surface area contributed by atoms with Crippen LogP contribution in [0.3, 0.4) is 0 Å². The van der Waals surface area contributed by atoms with E-state index in [9.17, 15) is 9.18 Å². The molecular weight excluding hydrogens is 295 g/mol. The first-order valence-electron chi connectivity index (χ1n) is 7.47. The minimum absolute atomic E-state index is 0.120. The van der Waals surface area contributed by atoms with Gasteiger partial charge in [-0.05, 0) is 24.6 Å². The summed E-state index contributed by atoms with van der Waals surface area (Å²) in [5.74, 6) is -0.563. The number of carbonyl (C=O) groups is 1. The molecule has 0 aliphatic carbocycles.